The number of benzene rings is 1. The molecule has 106 valence electrons. The minimum Gasteiger partial charge on any atom is -0.309 e. The summed E-state index contributed by atoms with van der Waals surface area (Å²) < 4.78 is 12.4. The number of hydrogen-bond donors (Lipinski definition) is 0. The van der Waals surface area contributed by atoms with E-state index < -0.39 is 21.3 Å². The first-order valence-corrected chi connectivity index (χ1v) is 13.2. The van der Waals surface area contributed by atoms with Crippen LogP contribution in [0.3, 0.4) is 0 Å². The zero-order chi connectivity index (χ0) is 14.3. The van der Waals surface area contributed by atoms with Gasteiger partial charge < -0.3 is 4.52 Å². The van der Waals surface area contributed by atoms with E-state index in [4.69, 9.17) is 61.8 Å². The first-order valence-electron chi connectivity index (χ1n) is 4.79. The fraction of sp³-hybridized carbons (Fsp3) is 0.143. The highest BCUT2D eigenvalue weighted by molar-refractivity contribution is 8.17. The summed E-state index contributed by atoms with van der Waals surface area (Å²) in [6.07, 6.45) is 0. The summed E-state index contributed by atoms with van der Waals surface area (Å²) in [4.78, 5) is 0. The minimum absolute atomic E-state index is 0.602. The molecule has 0 aromatic heterocycles. The van der Waals surface area contributed by atoms with E-state index in [9.17, 15) is 0 Å². The second-order valence-electron chi connectivity index (χ2n) is 3.51. The Morgan fingerprint density at radius 2 is 1.84 bits per heavy atom. The molecule has 1 aromatic carbocycles. The summed E-state index contributed by atoms with van der Waals surface area (Å²) in [6, 6.07) is 9.10. The summed E-state index contributed by atoms with van der Waals surface area (Å²) in [5.41, 5.74) is 0. The fourth-order valence-electron chi connectivity index (χ4n) is 1.30. The molecule has 2 unspecified atom stereocenters. The van der Waals surface area contributed by atoms with Crippen LogP contribution in [0.25, 0.3) is 0 Å². The third-order valence-electron chi connectivity index (χ3n) is 2.15. The lowest BCUT2D eigenvalue weighted by atomic mass is 10.3. The SMILES string of the molecule is C[P+]1(Oc2ccccc2)N(Cl)P(Cl)N=P(Cl)(Cl)N1Cl. The molecule has 0 aliphatic carbocycles. The Bertz CT molecular complexity index is 516. The standard InChI is InChI=1S/C7H8Cl5N3OP3/c1-18(16-7-5-3-2-4-6-7)14(8)17(10)13-19(11,12)15(18)9/h2-6H,1H3/q+1. The third-order valence-corrected chi connectivity index (χ3v) is 16.9. The predicted octanol–water partition coefficient (Wildman–Crippen LogP) is 7.27. The molecule has 0 radical (unpaired) electrons. The van der Waals surface area contributed by atoms with Gasteiger partial charge in [-0.05, 0) is 45.9 Å². The number of nitrogens with zero attached hydrogens (tertiary/aromatic N) is 3. The Labute approximate surface area is 137 Å². The topological polar surface area (TPSA) is 28.1 Å². The summed E-state index contributed by atoms with van der Waals surface area (Å²) >= 11 is 30.7. The molecule has 19 heavy (non-hydrogen) atoms. The van der Waals surface area contributed by atoms with Crippen LogP contribution in [0, 0.1) is 0 Å². The van der Waals surface area contributed by atoms with E-state index in [0.29, 0.717) is 5.75 Å². The van der Waals surface area contributed by atoms with Gasteiger partial charge in [0, 0.05) is 31.5 Å². The van der Waals surface area contributed by atoms with E-state index in [-0.39, 0.29) is 0 Å². The van der Waals surface area contributed by atoms with Gasteiger partial charge in [0.2, 0.25) is 7.58 Å². The van der Waals surface area contributed by atoms with Crippen LogP contribution in [-0.4, -0.2) is 14.6 Å². The highest BCUT2D eigenvalue weighted by Gasteiger charge is 2.62. The summed E-state index contributed by atoms with van der Waals surface area (Å²) in [6.45, 7) is 1.73. The Hall–Kier alpha value is 1.48. The Balaban J connectivity index is 2.38. The third kappa shape index (κ3) is 3.46. The van der Waals surface area contributed by atoms with Crippen LogP contribution >= 0.6 is 78.6 Å². The van der Waals surface area contributed by atoms with Gasteiger partial charge in [-0.3, -0.25) is 0 Å². The van der Waals surface area contributed by atoms with Crippen molar-refractivity contribution in [3.8, 4) is 5.75 Å². The van der Waals surface area contributed by atoms with Gasteiger partial charge in [-0.1, -0.05) is 18.2 Å². The fourth-order valence-corrected chi connectivity index (χ4v) is 15.1. The molecule has 0 fully saturated rings. The molecule has 1 heterocycles. The Kier molecular flexibility index (Phi) is 5.59. The predicted molar refractivity (Wildman–Crippen MR) is 89.1 cm³/mol. The average molecular weight is 420 g/mol. The highest BCUT2D eigenvalue weighted by atomic mass is 35.9. The molecular formula is C7H8Cl5N3OP3+. The molecule has 12 heteroatoms. The first kappa shape index (κ1) is 16.8. The van der Waals surface area contributed by atoms with Crippen LogP contribution in [0.2, 0.25) is 0 Å². The van der Waals surface area contributed by atoms with Gasteiger partial charge in [0.25, 0.3) is 5.91 Å². The Morgan fingerprint density at radius 3 is 2.42 bits per heavy atom. The van der Waals surface area contributed by atoms with E-state index in [0.717, 1.165) is 0 Å². The lowest BCUT2D eigenvalue weighted by molar-refractivity contribution is 0.553. The maximum absolute atomic E-state index is 6.20. The molecule has 0 N–H and O–H groups in total. The van der Waals surface area contributed by atoms with Crippen LogP contribution in [0.1, 0.15) is 0 Å². The Morgan fingerprint density at radius 1 is 1.26 bits per heavy atom. The van der Waals surface area contributed by atoms with Crippen molar-refractivity contribution in [2.45, 2.75) is 0 Å². The van der Waals surface area contributed by atoms with Crippen molar-refractivity contribution in [3.05, 3.63) is 30.3 Å². The van der Waals surface area contributed by atoms with Crippen LogP contribution in [0.5, 0.6) is 5.75 Å². The van der Waals surface area contributed by atoms with E-state index in [2.05, 4.69) is 4.52 Å². The maximum Gasteiger partial charge on any atom is 0.376 e. The van der Waals surface area contributed by atoms with E-state index >= 15 is 0 Å². The molecule has 0 spiro atoms. The summed E-state index contributed by atoms with van der Waals surface area (Å²) in [5.74, 6) is -2.31. The quantitative estimate of drug-likeness (QED) is 0.372. The van der Waals surface area contributed by atoms with Gasteiger partial charge in [0.15, 0.2) is 5.75 Å². The van der Waals surface area contributed by atoms with Crippen LogP contribution in [-0.2, 0) is 0 Å². The summed E-state index contributed by atoms with van der Waals surface area (Å²) in [7, 11) is -4.23. The number of hydrogen-bond acceptors (Lipinski definition) is 4. The van der Waals surface area contributed by atoms with Gasteiger partial charge in [-0.15, -0.1) is 0 Å². The molecule has 1 aromatic rings. The zero-order valence-corrected chi connectivity index (χ0v) is 15.8. The molecule has 4 nitrogen and oxygen atoms in total. The van der Waals surface area contributed by atoms with Crippen molar-refractivity contribution in [2.24, 2.45) is 4.52 Å². The van der Waals surface area contributed by atoms with Crippen LogP contribution in [0.15, 0.2) is 34.8 Å². The molecule has 0 saturated carbocycles. The molecule has 0 amide bonds. The van der Waals surface area contributed by atoms with Gasteiger partial charge in [0.05, 0.1) is 0 Å². The van der Waals surface area contributed by atoms with Gasteiger partial charge in [-0.25, -0.2) is 0 Å². The molecular weight excluding hydrogens is 412 g/mol. The van der Waals surface area contributed by atoms with Crippen molar-refractivity contribution in [3.63, 3.8) is 0 Å². The molecule has 0 saturated heterocycles. The van der Waals surface area contributed by atoms with Gasteiger partial charge >= 0.3 is 7.79 Å². The van der Waals surface area contributed by atoms with Gasteiger partial charge in [-0.2, -0.15) is 4.52 Å². The van der Waals surface area contributed by atoms with Crippen LogP contribution in [0.4, 0.5) is 0 Å². The highest BCUT2D eigenvalue weighted by Crippen LogP contribution is 2.90. The maximum atomic E-state index is 6.20. The van der Waals surface area contributed by atoms with Crippen molar-refractivity contribution in [1.29, 1.82) is 0 Å². The largest absolute Gasteiger partial charge is 0.376 e. The number of rotatable bonds is 2. The van der Waals surface area contributed by atoms with Crippen molar-refractivity contribution < 1.29 is 4.52 Å². The molecule has 2 atom stereocenters. The van der Waals surface area contributed by atoms with Crippen LogP contribution < -0.4 is 4.52 Å². The van der Waals surface area contributed by atoms with Gasteiger partial charge in [0.1, 0.15) is 6.66 Å². The summed E-state index contributed by atoms with van der Waals surface area (Å²) in [5, 5.41) is 0. The van der Waals surface area contributed by atoms with Crippen molar-refractivity contribution in [1.82, 2.24) is 7.92 Å². The molecule has 2 rings (SSSR count). The minimum atomic E-state index is -2.92. The molecule has 1 aliphatic rings. The second-order valence-corrected chi connectivity index (χ2v) is 15.6. The van der Waals surface area contributed by atoms with Crippen molar-refractivity contribution in [2.75, 3.05) is 6.66 Å². The monoisotopic (exact) mass is 418 g/mol. The molecule has 0 bridgehead atoms. The normalized spacial score (nSPS) is 31.8. The first-order chi connectivity index (χ1) is 8.77. The van der Waals surface area contributed by atoms with E-state index in [1.807, 2.05) is 18.2 Å². The lowest BCUT2D eigenvalue weighted by Gasteiger charge is -2.36. The average Bonchev–Trinajstić information content (AvgIpc) is 2.36. The number of halogens is 5. The zero-order valence-electron chi connectivity index (χ0n) is 9.37. The van der Waals surface area contributed by atoms with E-state index in [1.54, 1.807) is 18.8 Å². The van der Waals surface area contributed by atoms with E-state index in [1.165, 1.54) is 7.92 Å². The second kappa shape index (κ2) is 6.31. The lowest BCUT2D eigenvalue weighted by Crippen LogP contribution is -2.24. The number of para-hydroxylation sites is 1. The smallest absolute Gasteiger partial charge is 0.309 e. The molecule has 1 aliphatic heterocycles. The van der Waals surface area contributed by atoms with Crippen molar-refractivity contribution >= 4 is 78.6 Å².